The number of carbonyl (C=O) groups is 1. The number of likely N-dealkylation sites (tertiary alicyclic amines) is 1. The highest BCUT2D eigenvalue weighted by Crippen LogP contribution is 2.25. The van der Waals surface area contributed by atoms with Crippen molar-refractivity contribution in [1.82, 2.24) is 10.2 Å². The Hall–Kier alpha value is -1.39. The van der Waals surface area contributed by atoms with Crippen LogP contribution in [-0.2, 0) is 17.9 Å². The molecule has 1 aliphatic heterocycles. The molecular formula is C18H26N2O2. The summed E-state index contributed by atoms with van der Waals surface area (Å²) in [6, 6.07) is 8.29. The van der Waals surface area contributed by atoms with E-state index in [0.717, 1.165) is 38.9 Å². The molecule has 1 heterocycles. The predicted octanol–water partition coefficient (Wildman–Crippen LogP) is 2.06. The van der Waals surface area contributed by atoms with Crippen LogP contribution in [0.2, 0.25) is 0 Å². The van der Waals surface area contributed by atoms with Gasteiger partial charge in [0, 0.05) is 32.1 Å². The lowest BCUT2D eigenvalue weighted by Gasteiger charge is -2.18. The van der Waals surface area contributed by atoms with Gasteiger partial charge in [-0.1, -0.05) is 37.1 Å². The van der Waals surface area contributed by atoms with Crippen LogP contribution in [0, 0.1) is 5.92 Å². The Morgan fingerprint density at radius 2 is 1.91 bits per heavy atom. The Balaban J connectivity index is 1.57. The Kier molecular flexibility index (Phi) is 5.11. The highest BCUT2D eigenvalue weighted by Gasteiger charge is 2.23. The molecule has 0 radical (unpaired) electrons. The molecule has 22 heavy (non-hydrogen) atoms. The minimum Gasteiger partial charge on any atom is -0.392 e. The van der Waals surface area contributed by atoms with Crippen molar-refractivity contribution in [2.45, 2.75) is 51.3 Å². The first-order valence-corrected chi connectivity index (χ1v) is 8.47. The van der Waals surface area contributed by atoms with Gasteiger partial charge in [0.05, 0.1) is 6.10 Å². The average molecular weight is 302 g/mol. The van der Waals surface area contributed by atoms with Crippen LogP contribution in [0.3, 0.4) is 0 Å². The lowest BCUT2D eigenvalue weighted by atomic mass is 10.1. The van der Waals surface area contributed by atoms with Crippen molar-refractivity contribution in [2.75, 3.05) is 13.1 Å². The first kappa shape index (κ1) is 15.5. The summed E-state index contributed by atoms with van der Waals surface area (Å²) < 4.78 is 0. The number of aliphatic hydroxyl groups is 1. The zero-order valence-electron chi connectivity index (χ0n) is 13.1. The van der Waals surface area contributed by atoms with Gasteiger partial charge >= 0.3 is 0 Å². The fourth-order valence-corrected chi connectivity index (χ4v) is 3.60. The van der Waals surface area contributed by atoms with Crippen LogP contribution in [0.25, 0.3) is 0 Å². The number of nitrogens with zero attached hydrogens (tertiary/aromatic N) is 1. The van der Waals surface area contributed by atoms with Crippen molar-refractivity contribution >= 4 is 5.91 Å². The molecule has 0 bridgehead atoms. The SMILES string of the molecule is O=C(NCc1ccccc1CN1CCC(O)C1)C1CCCC1. The second-order valence-corrected chi connectivity index (χ2v) is 6.65. The molecule has 1 saturated carbocycles. The predicted molar refractivity (Wildman–Crippen MR) is 86.1 cm³/mol. The third kappa shape index (κ3) is 3.87. The molecule has 2 fully saturated rings. The maximum Gasteiger partial charge on any atom is 0.223 e. The second kappa shape index (κ2) is 7.25. The molecule has 1 aliphatic carbocycles. The molecule has 1 unspecified atom stereocenters. The molecule has 3 rings (SSSR count). The van der Waals surface area contributed by atoms with Crippen LogP contribution >= 0.6 is 0 Å². The van der Waals surface area contributed by atoms with Gasteiger partial charge in [0.25, 0.3) is 0 Å². The molecule has 1 aromatic carbocycles. The van der Waals surface area contributed by atoms with E-state index in [-0.39, 0.29) is 17.9 Å². The molecule has 1 amide bonds. The van der Waals surface area contributed by atoms with Gasteiger partial charge in [0.15, 0.2) is 0 Å². The number of carbonyl (C=O) groups excluding carboxylic acids is 1. The molecule has 4 nitrogen and oxygen atoms in total. The Labute approximate surface area is 132 Å². The maximum atomic E-state index is 12.2. The average Bonchev–Trinajstić information content (AvgIpc) is 3.18. The van der Waals surface area contributed by atoms with E-state index in [1.165, 1.54) is 24.0 Å². The molecule has 1 aromatic rings. The van der Waals surface area contributed by atoms with E-state index in [2.05, 4.69) is 22.3 Å². The number of benzene rings is 1. The van der Waals surface area contributed by atoms with E-state index in [9.17, 15) is 9.90 Å². The summed E-state index contributed by atoms with van der Waals surface area (Å²) in [5.41, 5.74) is 2.44. The second-order valence-electron chi connectivity index (χ2n) is 6.65. The minimum absolute atomic E-state index is 0.186. The summed E-state index contributed by atoms with van der Waals surface area (Å²) in [6.45, 7) is 3.17. The van der Waals surface area contributed by atoms with E-state index < -0.39 is 0 Å². The van der Waals surface area contributed by atoms with Crippen LogP contribution < -0.4 is 5.32 Å². The number of β-amino-alcohol motifs (C(OH)–C–C–N with tert-alkyl or cyclic N) is 1. The number of hydrogen-bond acceptors (Lipinski definition) is 3. The van der Waals surface area contributed by atoms with Gasteiger partial charge in [-0.3, -0.25) is 9.69 Å². The van der Waals surface area contributed by atoms with Crippen molar-refractivity contribution in [3.8, 4) is 0 Å². The largest absolute Gasteiger partial charge is 0.392 e. The van der Waals surface area contributed by atoms with Gasteiger partial charge in [0.2, 0.25) is 5.91 Å². The van der Waals surface area contributed by atoms with Crippen molar-refractivity contribution in [3.05, 3.63) is 35.4 Å². The van der Waals surface area contributed by atoms with Gasteiger partial charge < -0.3 is 10.4 Å². The summed E-state index contributed by atoms with van der Waals surface area (Å²) >= 11 is 0. The van der Waals surface area contributed by atoms with Crippen molar-refractivity contribution in [1.29, 1.82) is 0 Å². The topological polar surface area (TPSA) is 52.6 Å². The lowest BCUT2D eigenvalue weighted by molar-refractivity contribution is -0.124. The molecule has 1 saturated heterocycles. The quantitative estimate of drug-likeness (QED) is 0.875. The standard InChI is InChI=1S/C18H26N2O2/c21-17-9-10-20(13-17)12-16-8-4-3-7-15(16)11-19-18(22)14-5-1-2-6-14/h3-4,7-8,14,17,21H,1-2,5-6,9-13H2,(H,19,22). The van der Waals surface area contributed by atoms with Crippen LogP contribution in [0.15, 0.2) is 24.3 Å². The zero-order chi connectivity index (χ0) is 15.4. The van der Waals surface area contributed by atoms with E-state index in [4.69, 9.17) is 0 Å². The van der Waals surface area contributed by atoms with E-state index in [0.29, 0.717) is 6.54 Å². The summed E-state index contributed by atoms with van der Waals surface area (Å²) in [5.74, 6) is 0.435. The highest BCUT2D eigenvalue weighted by atomic mass is 16.3. The fourth-order valence-electron chi connectivity index (χ4n) is 3.60. The smallest absolute Gasteiger partial charge is 0.223 e. The van der Waals surface area contributed by atoms with Crippen LogP contribution in [0.4, 0.5) is 0 Å². The third-order valence-corrected chi connectivity index (χ3v) is 4.94. The van der Waals surface area contributed by atoms with Crippen molar-refractivity contribution in [2.24, 2.45) is 5.92 Å². The van der Waals surface area contributed by atoms with Crippen LogP contribution in [-0.4, -0.2) is 35.1 Å². The van der Waals surface area contributed by atoms with Gasteiger partial charge in [-0.15, -0.1) is 0 Å². The number of amides is 1. The van der Waals surface area contributed by atoms with Gasteiger partial charge in [-0.25, -0.2) is 0 Å². The Morgan fingerprint density at radius 1 is 1.18 bits per heavy atom. The monoisotopic (exact) mass is 302 g/mol. The van der Waals surface area contributed by atoms with Crippen molar-refractivity contribution in [3.63, 3.8) is 0 Å². The molecule has 2 N–H and O–H groups in total. The Morgan fingerprint density at radius 3 is 2.59 bits per heavy atom. The first-order valence-electron chi connectivity index (χ1n) is 8.47. The Bertz CT molecular complexity index is 512. The normalized spacial score (nSPS) is 23.0. The van der Waals surface area contributed by atoms with E-state index >= 15 is 0 Å². The maximum absolute atomic E-state index is 12.2. The molecule has 1 atom stereocenters. The highest BCUT2D eigenvalue weighted by molar-refractivity contribution is 5.78. The molecule has 4 heteroatoms. The third-order valence-electron chi connectivity index (χ3n) is 4.94. The fraction of sp³-hybridized carbons (Fsp3) is 0.611. The molecule has 0 aromatic heterocycles. The molecule has 0 spiro atoms. The van der Waals surface area contributed by atoms with Crippen LogP contribution in [0.5, 0.6) is 0 Å². The van der Waals surface area contributed by atoms with Gasteiger partial charge in [-0.05, 0) is 30.4 Å². The number of nitrogens with one attached hydrogen (secondary N) is 1. The van der Waals surface area contributed by atoms with Crippen molar-refractivity contribution < 1.29 is 9.90 Å². The number of aliphatic hydroxyl groups excluding tert-OH is 1. The first-order chi connectivity index (χ1) is 10.7. The van der Waals surface area contributed by atoms with Crippen LogP contribution in [0.1, 0.15) is 43.2 Å². The molecule has 120 valence electrons. The number of rotatable bonds is 5. The van der Waals surface area contributed by atoms with E-state index in [1.54, 1.807) is 0 Å². The lowest BCUT2D eigenvalue weighted by Crippen LogP contribution is -2.29. The summed E-state index contributed by atoms with van der Waals surface area (Å²) in [4.78, 5) is 14.4. The summed E-state index contributed by atoms with van der Waals surface area (Å²) in [6.07, 6.45) is 5.13. The van der Waals surface area contributed by atoms with Gasteiger partial charge in [-0.2, -0.15) is 0 Å². The molecular weight excluding hydrogens is 276 g/mol. The summed E-state index contributed by atoms with van der Waals surface area (Å²) in [5, 5.41) is 12.8. The summed E-state index contributed by atoms with van der Waals surface area (Å²) in [7, 11) is 0. The molecule has 2 aliphatic rings. The van der Waals surface area contributed by atoms with Gasteiger partial charge in [0.1, 0.15) is 0 Å². The zero-order valence-corrected chi connectivity index (χ0v) is 13.1. The van der Waals surface area contributed by atoms with E-state index in [1.807, 2.05) is 12.1 Å². The number of hydrogen-bond donors (Lipinski definition) is 2. The minimum atomic E-state index is -0.186.